The second kappa shape index (κ2) is 16.5. The van der Waals surface area contributed by atoms with Crippen LogP contribution in [0.15, 0.2) is 285 Å². The van der Waals surface area contributed by atoms with Gasteiger partial charge in [0.15, 0.2) is 0 Å². The summed E-state index contributed by atoms with van der Waals surface area (Å²) < 4.78 is 0. The summed E-state index contributed by atoms with van der Waals surface area (Å²) in [5.41, 5.74) is 22.0. The first kappa shape index (κ1) is 40.5. The minimum Gasteiger partial charge on any atom is -0.310 e. The van der Waals surface area contributed by atoms with Crippen molar-refractivity contribution in [2.75, 3.05) is 4.90 Å². The first-order valence-electron chi connectivity index (χ1n) is 24.0. The first-order valence-corrected chi connectivity index (χ1v) is 24.0. The van der Waals surface area contributed by atoms with Crippen LogP contribution in [0.4, 0.5) is 17.1 Å². The standard InChI is InChI=1S/C68H47N/c1-6-24-48(25-7-1)55-34-16-17-35-56(55)61-38-20-23-41-66(61)69(53-42-44-59-57-36-18-21-39-62(57)67(64(59)46-53,49-26-8-2-9-27-49)50-28-10-3-11-29-50)54-43-45-60-58-37-19-22-40-63(58)68(65(60)47-54,51-30-12-4-13-31-51)52-32-14-5-15-33-52/h1-47H. The molecule has 2 aliphatic carbocycles. The molecule has 2 aliphatic rings. The summed E-state index contributed by atoms with van der Waals surface area (Å²) in [5.74, 6) is 0. The number of hydrogen-bond acceptors (Lipinski definition) is 1. The zero-order chi connectivity index (χ0) is 45.8. The molecule has 0 heterocycles. The van der Waals surface area contributed by atoms with E-state index in [0.29, 0.717) is 0 Å². The van der Waals surface area contributed by atoms with E-state index in [-0.39, 0.29) is 0 Å². The number of benzene rings is 11. The van der Waals surface area contributed by atoms with Gasteiger partial charge in [-0.2, -0.15) is 0 Å². The van der Waals surface area contributed by atoms with Gasteiger partial charge >= 0.3 is 0 Å². The molecule has 1 nitrogen and oxygen atoms in total. The van der Waals surface area contributed by atoms with Gasteiger partial charge in [0.25, 0.3) is 0 Å². The summed E-state index contributed by atoms with van der Waals surface area (Å²) in [5, 5.41) is 0. The van der Waals surface area contributed by atoms with Crippen LogP contribution in [0.3, 0.4) is 0 Å². The third kappa shape index (κ3) is 6.17. The Bertz CT molecular complexity index is 3390. The Morgan fingerprint density at radius 2 is 0.536 bits per heavy atom. The van der Waals surface area contributed by atoms with Gasteiger partial charge < -0.3 is 4.90 Å². The van der Waals surface area contributed by atoms with Gasteiger partial charge in [-0.15, -0.1) is 0 Å². The van der Waals surface area contributed by atoms with Crippen molar-refractivity contribution in [3.05, 3.63) is 330 Å². The molecule has 0 bridgehead atoms. The fraction of sp³-hybridized carbons (Fsp3) is 0.0294. The molecule has 13 rings (SSSR count). The molecule has 0 atom stereocenters. The topological polar surface area (TPSA) is 3.24 Å². The zero-order valence-electron chi connectivity index (χ0n) is 38.1. The third-order valence-electron chi connectivity index (χ3n) is 14.8. The van der Waals surface area contributed by atoms with Gasteiger partial charge in [0.1, 0.15) is 0 Å². The highest BCUT2D eigenvalue weighted by Gasteiger charge is 2.48. The lowest BCUT2D eigenvalue weighted by Gasteiger charge is -2.36. The van der Waals surface area contributed by atoms with Gasteiger partial charge in [-0.05, 0) is 114 Å². The van der Waals surface area contributed by atoms with Crippen LogP contribution in [0, 0.1) is 0 Å². The lowest BCUT2D eigenvalue weighted by atomic mass is 9.67. The Hall–Kier alpha value is -8.78. The van der Waals surface area contributed by atoms with E-state index in [9.17, 15) is 0 Å². The maximum Gasteiger partial charge on any atom is 0.0714 e. The minimum absolute atomic E-state index is 0.565. The number of nitrogens with zero attached hydrogens (tertiary/aromatic N) is 1. The molecule has 0 aliphatic heterocycles. The monoisotopic (exact) mass is 877 g/mol. The summed E-state index contributed by atoms with van der Waals surface area (Å²) in [6.07, 6.45) is 0. The highest BCUT2D eigenvalue weighted by atomic mass is 15.1. The molecule has 0 N–H and O–H groups in total. The number of para-hydroxylation sites is 1. The third-order valence-corrected chi connectivity index (χ3v) is 14.8. The van der Waals surface area contributed by atoms with Crippen molar-refractivity contribution in [3.63, 3.8) is 0 Å². The van der Waals surface area contributed by atoms with Gasteiger partial charge in [-0.25, -0.2) is 0 Å². The van der Waals surface area contributed by atoms with Gasteiger partial charge in [0.05, 0.1) is 16.5 Å². The smallest absolute Gasteiger partial charge is 0.0714 e. The van der Waals surface area contributed by atoms with Crippen LogP contribution in [-0.2, 0) is 10.8 Å². The molecule has 11 aromatic rings. The largest absolute Gasteiger partial charge is 0.310 e. The molecule has 1 heteroatoms. The van der Waals surface area contributed by atoms with Crippen molar-refractivity contribution < 1.29 is 0 Å². The summed E-state index contributed by atoms with van der Waals surface area (Å²) >= 11 is 0. The van der Waals surface area contributed by atoms with Crippen molar-refractivity contribution in [2.45, 2.75) is 10.8 Å². The number of rotatable bonds is 9. The first-order chi connectivity index (χ1) is 34.3. The van der Waals surface area contributed by atoms with E-state index in [1.54, 1.807) is 0 Å². The van der Waals surface area contributed by atoms with Gasteiger partial charge in [0, 0.05) is 16.9 Å². The Morgan fingerprint density at radius 3 is 0.971 bits per heavy atom. The highest BCUT2D eigenvalue weighted by molar-refractivity contribution is 5.97. The molecule has 0 saturated carbocycles. The van der Waals surface area contributed by atoms with Crippen molar-refractivity contribution in [1.29, 1.82) is 0 Å². The Kier molecular flexibility index (Phi) is 9.70. The van der Waals surface area contributed by atoms with Crippen molar-refractivity contribution in [1.82, 2.24) is 0 Å². The summed E-state index contributed by atoms with van der Waals surface area (Å²) in [4.78, 5) is 2.53. The number of fused-ring (bicyclic) bond motifs is 6. The normalized spacial score (nSPS) is 13.4. The zero-order valence-corrected chi connectivity index (χ0v) is 38.1. The Morgan fingerprint density at radius 1 is 0.217 bits per heavy atom. The average Bonchev–Trinajstić information content (AvgIpc) is 3.90. The van der Waals surface area contributed by atoms with Crippen LogP contribution in [0.1, 0.15) is 44.5 Å². The van der Waals surface area contributed by atoms with Crippen molar-refractivity contribution >= 4 is 17.1 Å². The van der Waals surface area contributed by atoms with E-state index < -0.39 is 10.8 Å². The molecule has 0 fully saturated rings. The molecule has 0 radical (unpaired) electrons. The molecule has 0 saturated heterocycles. The van der Waals surface area contributed by atoms with Crippen molar-refractivity contribution in [2.24, 2.45) is 0 Å². The van der Waals surface area contributed by atoms with E-state index >= 15 is 0 Å². The van der Waals surface area contributed by atoms with Crippen LogP contribution >= 0.6 is 0 Å². The molecular weight excluding hydrogens is 831 g/mol. The van der Waals surface area contributed by atoms with E-state index in [1.807, 2.05) is 0 Å². The Labute approximate surface area is 404 Å². The fourth-order valence-electron chi connectivity index (χ4n) is 12.1. The number of anilines is 3. The predicted molar refractivity (Wildman–Crippen MR) is 287 cm³/mol. The van der Waals surface area contributed by atoms with Crippen LogP contribution in [-0.4, -0.2) is 0 Å². The lowest BCUT2D eigenvalue weighted by molar-refractivity contribution is 0.767. The quantitative estimate of drug-likeness (QED) is 0.140. The summed E-state index contributed by atoms with van der Waals surface area (Å²) in [7, 11) is 0. The van der Waals surface area contributed by atoms with Crippen molar-refractivity contribution in [3.8, 4) is 44.5 Å². The molecule has 69 heavy (non-hydrogen) atoms. The lowest BCUT2D eigenvalue weighted by Crippen LogP contribution is -2.29. The van der Waals surface area contributed by atoms with Crippen LogP contribution in [0.2, 0.25) is 0 Å². The number of hydrogen-bond donors (Lipinski definition) is 0. The van der Waals surface area contributed by atoms with Crippen LogP contribution in [0.25, 0.3) is 44.5 Å². The molecular formula is C68H47N. The molecule has 0 amide bonds. The molecule has 0 unspecified atom stereocenters. The second-order valence-corrected chi connectivity index (χ2v) is 18.3. The van der Waals surface area contributed by atoms with Crippen LogP contribution in [0.5, 0.6) is 0 Å². The molecule has 0 spiro atoms. The SMILES string of the molecule is c1ccc(-c2ccccc2-c2ccccc2N(c2ccc3c(c2)C(c2ccccc2)(c2ccccc2)c2ccccc2-3)c2ccc3c(c2)C(c2ccccc2)(c2ccccc2)c2ccccc2-3)cc1. The minimum atomic E-state index is -0.565. The van der Waals surface area contributed by atoms with E-state index in [4.69, 9.17) is 0 Å². The van der Waals surface area contributed by atoms with Crippen LogP contribution < -0.4 is 4.90 Å². The molecule has 324 valence electrons. The maximum absolute atomic E-state index is 2.53. The molecule has 11 aromatic carbocycles. The van der Waals surface area contributed by atoms with Gasteiger partial charge in [-0.1, -0.05) is 255 Å². The highest BCUT2D eigenvalue weighted by Crippen LogP contribution is 2.60. The fourth-order valence-corrected chi connectivity index (χ4v) is 12.1. The Balaban J connectivity index is 1.12. The summed E-state index contributed by atoms with van der Waals surface area (Å²) in [6, 6.07) is 106. The average molecular weight is 878 g/mol. The van der Waals surface area contributed by atoms with Gasteiger partial charge in [-0.3, -0.25) is 0 Å². The van der Waals surface area contributed by atoms with E-state index in [2.05, 4.69) is 290 Å². The van der Waals surface area contributed by atoms with E-state index in [1.165, 1.54) is 83.5 Å². The van der Waals surface area contributed by atoms with E-state index in [0.717, 1.165) is 22.6 Å². The maximum atomic E-state index is 2.53. The molecule has 0 aromatic heterocycles. The van der Waals surface area contributed by atoms with Gasteiger partial charge in [0.2, 0.25) is 0 Å². The predicted octanol–water partition coefficient (Wildman–Crippen LogP) is 17.2. The second-order valence-electron chi connectivity index (χ2n) is 18.3. The summed E-state index contributed by atoms with van der Waals surface area (Å²) in [6.45, 7) is 0.